The lowest BCUT2D eigenvalue weighted by atomic mass is 10.0. The zero-order valence-corrected chi connectivity index (χ0v) is 49.9. The maximum Gasteiger partial charge on any atom is 0.343 e. The summed E-state index contributed by atoms with van der Waals surface area (Å²) in [7, 11) is 8.88. The maximum absolute atomic E-state index is 14.2. The molecular weight excluding hydrogens is 1200 g/mol. The number of hydrogen-bond acceptors (Lipinski definition) is 21. The van der Waals surface area contributed by atoms with Crippen LogP contribution in [0.2, 0.25) is 0 Å². The number of methoxy groups -OCH3 is 6. The number of rotatable bonds is 18. The summed E-state index contributed by atoms with van der Waals surface area (Å²) in [4.78, 5) is 84.8. The number of benzene rings is 10. The lowest BCUT2D eigenvalue weighted by Crippen LogP contribution is -2.12. The third-order valence-corrected chi connectivity index (χ3v) is 15.1. The second-order valence-electron chi connectivity index (χ2n) is 20.5. The summed E-state index contributed by atoms with van der Waals surface area (Å²) in [5.41, 5.74) is 0.998. The first-order valence-corrected chi connectivity index (χ1v) is 28.2. The second-order valence-corrected chi connectivity index (χ2v) is 20.5. The molecule has 0 saturated heterocycles. The fraction of sp³-hybridized carbons (Fsp3) is 0.0833. The number of ether oxygens (including phenoxy) is 12. The van der Waals surface area contributed by atoms with Gasteiger partial charge in [-0.05, 0) is 164 Å². The van der Waals surface area contributed by atoms with Crippen molar-refractivity contribution in [2.75, 3.05) is 42.7 Å². The molecule has 0 aliphatic carbocycles. The average molecular weight is 1250 g/mol. The molecule has 0 amide bonds. The van der Waals surface area contributed by atoms with E-state index in [0.717, 1.165) is 0 Å². The van der Waals surface area contributed by atoms with Gasteiger partial charge in [0.15, 0.2) is 51.2 Å². The van der Waals surface area contributed by atoms with E-state index in [2.05, 4.69) is 0 Å². The Hall–Kier alpha value is -12.8. The molecule has 3 heterocycles. The Kier molecular flexibility index (Phi) is 15.7. The van der Waals surface area contributed by atoms with Gasteiger partial charge >= 0.3 is 35.8 Å². The normalized spacial score (nSPS) is 11.2. The van der Waals surface area contributed by atoms with Gasteiger partial charge in [0.25, 0.3) is 0 Å². The molecule has 13 aromatic rings. The summed E-state index contributed by atoms with van der Waals surface area (Å²) >= 11 is 0. The van der Waals surface area contributed by atoms with E-state index >= 15 is 0 Å². The smallest absolute Gasteiger partial charge is 0.343 e. The van der Waals surface area contributed by atoms with E-state index in [4.69, 9.17) is 70.1 Å². The summed E-state index contributed by atoms with van der Waals surface area (Å²) in [6, 6.07) is 45.2. The number of carbonyl (C=O) groups is 6. The van der Waals surface area contributed by atoms with E-state index in [-0.39, 0.29) is 134 Å². The Morgan fingerprint density at radius 3 is 0.559 bits per heavy atom. The highest BCUT2D eigenvalue weighted by atomic mass is 16.6. The molecule has 0 fully saturated rings. The molecule has 0 unspecified atom stereocenters. The first-order valence-electron chi connectivity index (χ1n) is 28.2. The van der Waals surface area contributed by atoms with E-state index < -0.39 is 35.8 Å². The van der Waals surface area contributed by atoms with Crippen molar-refractivity contribution in [1.82, 2.24) is 0 Å². The van der Waals surface area contributed by atoms with E-state index in [0.29, 0.717) is 34.5 Å². The standard InChI is InChI=1S/C72H48O21/c1-79-43-19-7-37(8-20-43)67(73)88-55-31-49-52(34-58(55)91-70(76)40-13-25-46(82-4)26-14-40)85-64-61(49)65-63(50-32-56(89-68(74)38-9-21-44(80-2)22-10-38)59(35-53(50)86-65)92-71(77)41-15-27-47(83-5)28-16-41)66-62(64)51-33-57(90-69(75)39-11-23-45(81-3)24-12-39)60(36-54(51)87-66)93-72(78)42-17-29-48(84-6)30-18-42/h7-36H,1-6H3. The number of furan rings is 3. The molecule has 10 aromatic carbocycles. The zero-order chi connectivity index (χ0) is 64.6. The van der Waals surface area contributed by atoms with Gasteiger partial charge in [-0.25, -0.2) is 28.8 Å². The monoisotopic (exact) mass is 1250 g/mol. The highest BCUT2D eigenvalue weighted by molar-refractivity contribution is 6.37. The average Bonchev–Trinajstić information content (AvgIpc) is 1.53. The van der Waals surface area contributed by atoms with Crippen molar-refractivity contribution in [2.24, 2.45) is 0 Å². The van der Waals surface area contributed by atoms with Crippen molar-refractivity contribution < 1.29 is 98.9 Å². The van der Waals surface area contributed by atoms with Gasteiger partial charge in [-0.3, -0.25) is 0 Å². The molecule has 0 spiro atoms. The summed E-state index contributed by atoms with van der Waals surface area (Å²) < 4.78 is 89.1. The largest absolute Gasteiger partial charge is 0.497 e. The highest BCUT2D eigenvalue weighted by Crippen LogP contribution is 2.52. The molecule has 0 aliphatic rings. The highest BCUT2D eigenvalue weighted by Gasteiger charge is 2.31. The quantitative estimate of drug-likeness (QED) is 0.0571. The molecule has 3 aromatic heterocycles. The van der Waals surface area contributed by atoms with Gasteiger partial charge in [0, 0.05) is 34.4 Å². The molecule has 13 rings (SSSR count). The van der Waals surface area contributed by atoms with Crippen LogP contribution in [0.4, 0.5) is 0 Å². The minimum atomic E-state index is -0.850. The minimum absolute atomic E-state index is 0.0507. The molecule has 0 bridgehead atoms. The molecule has 93 heavy (non-hydrogen) atoms. The number of fused-ring (bicyclic) bond motifs is 12. The van der Waals surface area contributed by atoms with Gasteiger partial charge in [-0.2, -0.15) is 0 Å². The van der Waals surface area contributed by atoms with Crippen LogP contribution >= 0.6 is 0 Å². The van der Waals surface area contributed by atoms with Gasteiger partial charge in [0.2, 0.25) is 0 Å². The van der Waals surface area contributed by atoms with E-state index in [1.165, 1.54) is 152 Å². The van der Waals surface area contributed by atoms with Crippen molar-refractivity contribution in [1.29, 1.82) is 0 Å². The van der Waals surface area contributed by atoms with Gasteiger partial charge < -0.3 is 70.1 Å². The molecule has 0 atom stereocenters. The van der Waals surface area contributed by atoms with Gasteiger partial charge in [-0.1, -0.05) is 0 Å². The van der Waals surface area contributed by atoms with Crippen LogP contribution in [0.3, 0.4) is 0 Å². The first kappa shape index (κ1) is 59.2. The lowest BCUT2D eigenvalue weighted by Gasteiger charge is -2.11. The van der Waals surface area contributed by atoms with Gasteiger partial charge in [0.05, 0.1) is 92.2 Å². The Morgan fingerprint density at radius 1 is 0.237 bits per heavy atom. The number of carbonyl (C=O) groups excluding carboxylic acids is 6. The van der Waals surface area contributed by atoms with Crippen molar-refractivity contribution in [3.05, 3.63) is 215 Å². The van der Waals surface area contributed by atoms with Crippen LogP contribution in [-0.2, 0) is 0 Å². The molecule has 462 valence electrons. The van der Waals surface area contributed by atoms with E-state index in [1.807, 2.05) is 0 Å². The topological polar surface area (TPSA) is 253 Å². The third-order valence-electron chi connectivity index (χ3n) is 15.1. The molecule has 0 saturated carbocycles. The Balaban J connectivity index is 1.07. The van der Waals surface area contributed by atoms with Crippen LogP contribution in [0.1, 0.15) is 62.1 Å². The van der Waals surface area contributed by atoms with Crippen LogP contribution in [0.15, 0.2) is 195 Å². The van der Waals surface area contributed by atoms with Crippen LogP contribution < -0.4 is 56.8 Å². The van der Waals surface area contributed by atoms with Crippen LogP contribution in [-0.4, -0.2) is 78.5 Å². The Morgan fingerprint density at radius 2 is 0.398 bits per heavy atom. The third kappa shape index (κ3) is 11.4. The fourth-order valence-electron chi connectivity index (χ4n) is 10.3. The Bertz CT molecular complexity index is 4570. The van der Waals surface area contributed by atoms with Crippen molar-refractivity contribution >= 4 is 102 Å². The van der Waals surface area contributed by atoms with E-state index in [1.54, 1.807) is 72.8 Å². The van der Waals surface area contributed by atoms with Gasteiger partial charge in [-0.15, -0.1) is 0 Å². The van der Waals surface area contributed by atoms with Gasteiger partial charge in [0.1, 0.15) is 51.2 Å². The zero-order valence-electron chi connectivity index (χ0n) is 49.9. The minimum Gasteiger partial charge on any atom is -0.497 e. The molecular formula is C72H48O21. The first-order chi connectivity index (χ1) is 45.2. The maximum atomic E-state index is 14.2. The fourth-order valence-corrected chi connectivity index (χ4v) is 10.3. The summed E-state index contributed by atoms with van der Waals surface area (Å²) in [6.07, 6.45) is 0. The summed E-state index contributed by atoms with van der Waals surface area (Å²) in [5.74, 6) is -3.72. The lowest BCUT2D eigenvalue weighted by molar-refractivity contribution is 0.0682. The molecule has 21 nitrogen and oxygen atoms in total. The molecule has 21 heteroatoms. The molecule has 0 N–H and O–H groups in total. The number of hydrogen-bond donors (Lipinski definition) is 0. The Labute approximate surface area is 525 Å². The van der Waals surface area contributed by atoms with Crippen molar-refractivity contribution in [3.63, 3.8) is 0 Å². The van der Waals surface area contributed by atoms with Crippen molar-refractivity contribution in [3.8, 4) is 69.0 Å². The van der Waals surface area contributed by atoms with Crippen LogP contribution in [0, 0.1) is 0 Å². The summed E-state index contributed by atoms with van der Waals surface area (Å²) in [5, 5.41) is 1.30. The molecule has 0 aliphatic heterocycles. The predicted octanol–water partition coefficient (Wildman–Crippen LogP) is 14.8. The van der Waals surface area contributed by atoms with E-state index in [9.17, 15) is 28.8 Å². The second kappa shape index (κ2) is 24.7. The van der Waals surface area contributed by atoms with Crippen LogP contribution in [0.5, 0.6) is 69.0 Å². The summed E-state index contributed by atoms with van der Waals surface area (Å²) in [6.45, 7) is 0. The van der Waals surface area contributed by atoms with Crippen LogP contribution in [0.25, 0.3) is 65.8 Å². The van der Waals surface area contributed by atoms with Crippen molar-refractivity contribution in [2.45, 2.75) is 0 Å². The predicted molar refractivity (Wildman–Crippen MR) is 336 cm³/mol. The number of esters is 6. The SMILES string of the molecule is COc1ccc(C(=O)Oc2cc3oc4c(c3cc2OC(=O)c2ccc(OC)cc2)c2oc3cc(OC(=O)c5ccc(OC)cc5)c(OC(=O)c5ccc(OC)cc5)cc3c2c2oc3cc(OC(=O)c5ccc(OC)cc5)c(OC(=O)c5ccc(OC)cc5)cc3c42)cc1. The molecule has 0 radical (unpaired) electrons.